The van der Waals surface area contributed by atoms with Crippen LogP contribution in [-0.4, -0.2) is 19.0 Å². The summed E-state index contributed by atoms with van der Waals surface area (Å²) in [4.78, 5) is 11.7. The standard InChI is InChI=1S/C13H17O4P/c1-4-12(14)11-9-7-8-10-13(11)18(15,16-5-2)17-6-3/h4,7-10H,1,5-6H2,2-3H3. The van der Waals surface area contributed by atoms with Crippen LogP contribution in [0.15, 0.2) is 36.9 Å². The number of carbonyl (C=O) groups excluding carboxylic acids is 1. The van der Waals surface area contributed by atoms with Crippen molar-refractivity contribution in [3.8, 4) is 0 Å². The summed E-state index contributed by atoms with van der Waals surface area (Å²) in [7, 11) is -3.44. The van der Waals surface area contributed by atoms with E-state index in [4.69, 9.17) is 9.05 Å². The molecule has 0 bridgehead atoms. The maximum absolute atomic E-state index is 12.6. The number of hydrogen-bond donors (Lipinski definition) is 0. The van der Waals surface area contributed by atoms with Gasteiger partial charge in [0.15, 0.2) is 5.78 Å². The number of hydrogen-bond acceptors (Lipinski definition) is 4. The molecule has 0 aliphatic carbocycles. The number of carbonyl (C=O) groups is 1. The topological polar surface area (TPSA) is 52.6 Å². The minimum atomic E-state index is -3.44. The van der Waals surface area contributed by atoms with Crippen LogP contribution >= 0.6 is 7.60 Å². The van der Waals surface area contributed by atoms with Gasteiger partial charge in [0.2, 0.25) is 0 Å². The van der Waals surface area contributed by atoms with Gasteiger partial charge >= 0.3 is 7.60 Å². The van der Waals surface area contributed by atoms with Crippen molar-refractivity contribution in [2.75, 3.05) is 13.2 Å². The molecule has 0 fully saturated rings. The highest BCUT2D eigenvalue weighted by Gasteiger charge is 2.30. The fourth-order valence-electron chi connectivity index (χ4n) is 1.55. The molecular formula is C13H17O4P. The minimum absolute atomic E-state index is 0.244. The normalized spacial score (nSPS) is 11.2. The molecule has 0 amide bonds. The van der Waals surface area contributed by atoms with Crippen LogP contribution in [0, 0.1) is 0 Å². The number of benzene rings is 1. The summed E-state index contributed by atoms with van der Waals surface area (Å²) in [6, 6.07) is 6.56. The van der Waals surface area contributed by atoms with Crippen LogP contribution in [0.3, 0.4) is 0 Å². The van der Waals surface area contributed by atoms with Crippen LogP contribution in [0.5, 0.6) is 0 Å². The van der Waals surface area contributed by atoms with Crippen LogP contribution in [0.2, 0.25) is 0 Å². The van der Waals surface area contributed by atoms with E-state index in [-0.39, 0.29) is 19.0 Å². The van der Waals surface area contributed by atoms with Crippen LogP contribution in [0.4, 0.5) is 0 Å². The Kier molecular flexibility index (Phi) is 5.48. The van der Waals surface area contributed by atoms with Crippen molar-refractivity contribution in [2.24, 2.45) is 0 Å². The van der Waals surface area contributed by atoms with Gasteiger partial charge in [0, 0.05) is 5.56 Å². The maximum Gasteiger partial charge on any atom is 0.362 e. The van der Waals surface area contributed by atoms with E-state index in [1.54, 1.807) is 38.1 Å². The molecule has 0 atom stereocenters. The zero-order valence-corrected chi connectivity index (χ0v) is 11.5. The maximum atomic E-state index is 12.6. The number of ketones is 1. The first-order chi connectivity index (χ1) is 8.59. The molecule has 0 aromatic heterocycles. The largest absolute Gasteiger partial charge is 0.362 e. The molecule has 0 aliphatic heterocycles. The molecule has 1 aromatic carbocycles. The average Bonchev–Trinajstić information content (AvgIpc) is 2.38. The van der Waals surface area contributed by atoms with E-state index in [1.165, 1.54) is 6.08 Å². The Morgan fingerprint density at radius 1 is 1.28 bits per heavy atom. The molecule has 18 heavy (non-hydrogen) atoms. The summed E-state index contributed by atoms with van der Waals surface area (Å²) in [5.41, 5.74) is 0.303. The smallest absolute Gasteiger partial charge is 0.305 e. The molecular weight excluding hydrogens is 251 g/mol. The van der Waals surface area contributed by atoms with Crippen molar-refractivity contribution in [1.82, 2.24) is 0 Å². The van der Waals surface area contributed by atoms with Crippen LogP contribution in [0.25, 0.3) is 0 Å². The van der Waals surface area contributed by atoms with Crippen molar-refractivity contribution < 1.29 is 18.4 Å². The second-order valence-electron chi connectivity index (χ2n) is 3.42. The van der Waals surface area contributed by atoms with Gasteiger partial charge in [-0.2, -0.15) is 0 Å². The highest BCUT2D eigenvalue weighted by atomic mass is 31.2. The molecule has 0 N–H and O–H groups in total. The highest BCUT2D eigenvalue weighted by Crippen LogP contribution is 2.47. The molecule has 4 nitrogen and oxygen atoms in total. The van der Waals surface area contributed by atoms with Gasteiger partial charge in [-0.05, 0) is 26.0 Å². The Bertz CT molecular complexity index is 472. The molecule has 0 aliphatic rings. The third-order valence-electron chi connectivity index (χ3n) is 2.25. The van der Waals surface area contributed by atoms with E-state index in [0.717, 1.165) is 0 Å². The van der Waals surface area contributed by atoms with Gasteiger partial charge in [-0.25, -0.2) is 0 Å². The first kappa shape index (κ1) is 14.8. The van der Waals surface area contributed by atoms with E-state index >= 15 is 0 Å². The lowest BCUT2D eigenvalue weighted by Gasteiger charge is -2.19. The summed E-state index contributed by atoms with van der Waals surface area (Å²) < 4.78 is 23.1. The van der Waals surface area contributed by atoms with Crippen molar-refractivity contribution >= 4 is 18.7 Å². The summed E-state index contributed by atoms with van der Waals surface area (Å²) in [6.07, 6.45) is 1.18. The first-order valence-electron chi connectivity index (χ1n) is 5.74. The fourth-order valence-corrected chi connectivity index (χ4v) is 3.33. The van der Waals surface area contributed by atoms with Gasteiger partial charge < -0.3 is 9.05 Å². The lowest BCUT2D eigenvalue weighted by Crippen LogP contribution is -2.18. The van der Waals surface area contributed by atoms with E-state index in [9.17, 15) is 9.36 Å². The third kappa shape index (κ3) is 3.16. The predicted molar refractivity (Wildman–Crippen MR) is 71.5 cm³/mol. The van der Waals surface area contributed by atoms with Gasteiger partial charge in [0.1, 0.15) is 0 Å². The van der Waals surface area contributed by atoms with Gasteiger partial charge in [0.05, 0.1) is 18.5 Å². The summed E-state index contributed by atoms with van der Waals surface area (Å²) in [5, 5.41) is 0.290. The molecule has 0 saturated heterocycles. The van der Waals surface area contributed by atoms with Crippen LogP contribution in [0.1, 0.15) is 24.2 Å². The lowest BCUT2D eigenvalue weighted by molar-refractivity contribution is 0.104. The molecule has 0 heterocycles. The molecule has 0 saturated carbocycles. The summed E-state index contributed by atoms with van der Waals surface area (Å²) in [6.45, 7) is 7.37. The Labute approximate surface area is 107 Å². The quantitative estimate of drug-likeness (QED) is 0.433. The zero-order valence-electron chi connectivity index (χ0n) is 10.6. The Morgan fingerprint density at radius 3 is 2.33 bits per heavy atom. The van der Waals surface area contributed by atoms with Gasteiger partial charge in [-0.1, -0.05) is 24.8 Å². The van der Waals surface area contributed by atoms with E-state index in [1.807, 2.05) is 0 Å². The molecule has 1 rings (SSSR count). The predicted octanol–water partition coefficient (Wildman–Crippen LogP) is 2.95. The second kappa shape index (κ2) is 6.64. The Morgan fingerprint density at radius 2 is 1.83 bits per heavy atom. The fraction of sp³-hybridized carbons (Fsp3) is 0.308. The lowest BCUT2D eigenvalue weighted by atomic mass is 10.1. The Balaban J connectivity index is 3.32. The SMILES string of the molecule is C=CC(=O)c1ccccc1P(=O)(OCC)OCC. The third-order valence-corrected chi connectivity index (χ3v) is 4.42. The van der Waals surface area contributed by atoms with Crippen molar-refractivity contribution in [1.29, 1.82) is 0 Å². The highest BCUT2D eigenvalue weighted by molar-refractivity contribution is 7.62. The van der Waals surface area contributed by atoms with Gasteiger partial charge in [0.25, 0.3) is 0 Å². The number of rotatable bonds is 7. The molecule has 0 spiro atoms. The van der Waals surface area contributed by atoms with Crippen LogP contribution in [-0.2, 0) is 13.6 Å². The molecule has 0 unspecified atom stereocenters. The van der Waals surface area contributed by atoms with Gasteiger partial charge in [-0.3, -0.25) is 9.36 Å². The molecule has 98 valence electrons. The van der Waals surface area contributed by atoms with Crippen LogP contribution < -0.4 is 5.30 Å². The van der Waals surface area contributed by atoms with Crippen molar-refractivity contribution in [3.63, 3.8) is 0 Å². The first-order valence-corrected chi connectivity index (χ1v) is 7.28. The van der Waals surface area contributed by atoms with E-state index in [0.29, 0.717) is 10.9 Å². The van der Waals surface area contributed by atoms with E-state index in [2.05, 4.69) is 6.58 Å². The van der Waals surface area contributed by atoms with Gasteiger partial charge in [-0.15, -0.1) is 0 Å². The molecule has 0 radical (unpaired) electrons. The number of allylic oxidation sites excluding steroid dienone is 1. The summed E-state index contributed by atoms with van der Waals surface area (Å²) in [5.74, 6) is -0.301. The molecule has 5 heteroatoms. The summed E-state index contributed by atoms with van der Waals surface area (Å²) >= 11 is 0. The van der Waals surface area contributed by atoms with Crippen molar-refractivity contribution in [2.45, 2.75) is 13.8 Å². The monoisotopic (exact) mass is 268 g/mol. The second-order valence-corrected chi connectivity index (χ2v) is 5.41. The van der Waals surface area contributed by atoms with E-state index < -0.39 is 7.60 Å². The average molecular weight is 268 g/mol. The van der Waals surface area contributed by atoms with Crippen molar-refractivity contribution in [3.05, 3.63) is 42.5 Å². The zero-order chi connectivity index (χ0) is 13.6. The molecule has 1 aromatic rings. The minimum Gasteiger partial charge on any atom is -0.305 e. The Hall–Kier alpha value is -1.22.